The molecule has 0 bridgehead atoms. The Kier molecular flexibility index (Phi) is 4.03. The summed E-state index contributed by atoms with van der Waals surface area (Å²) in [5.74, 6) is -0.560. The van der Waals surface area contributed by atoms with Gasteiger partial charge in [0.2, 0.25) is 5.91 Å². The van der Waals surface area contributed by atoms with Gasteiger partial charge < -0.3 is 10.6 Å². The third-order valence-electron chi connectivity index (χ3n) is 3.43. The molecule has 2 atom stereocenters. The van der Waals surface area contributed by atoms with E-state index in [0.29, 0.717) is 5.56 Å². The number of piperidine rings is 1. The van der Waals surface area contributed by atoms with E-state index in [4.69, 9.17) is 5.73 Å². The maximum atomic E-state index is 13.0. The normalized spacial score (nSPS) is 23.9. The van der Waals surface area contributed by atoms with Crippen LogP contribution in [0.4, 0.5) is 13.2 Å². The summed E-state index contributed by atoms with van der Waals surface area (Å²) in [7, 11) is 1.68. The molecule has 5 nitrogen and oxygen atoms in total. The van der Waals surface area contributed by atoms with E-state index in [1.807, 2.05) is 0 Å². The molecule has 2 rings (SSSR count). The highest BCUT2D eigenvalue weighted by Crippen LogP contribution is 2.31. The number of rotatable bonds is 2. The predicted octanol–water partition coefficient (Wildman–Crippen LogP) is 0.843. The fourth-order valence-corrected chi connectivity index (χ4v) is 2.45. The summed E-state index contributed by atoms with van der Waals surface area (Å²) in [5.41, 5.74) is 6.28. The van der Waals surface area contributed by atoms with Crippen molar-refractivity contribution in [3.05, 3.63) is 18.0 Å². The van der Waals surface area contributed by atoms with Gasteiger partial charge in [-0.15, -0.1) is 0 Å². The number of nitrogens with two attached hydrogens (primary N) is 1. The largest absolute Gasteiger partial charge is 0.408 e. The number of nitrogens with zero attached hydrogens (tertiary/aromatic N) is 3. The quantitative estimate of drug-likeness (QED) is 0.878. The molecule has 0 aromatic carbocycles. The third-order valence-corrected chi connectivity index (χ3v) is 3.43. The monoisotopic (exact) mass is 290 g/mol. The maximum Gasteiger partial charge on any atom is 0.408 e. The zero-order chi connectivity index (χ0) is 14.9. The average Bonchev–Trinajstić information content (AvgIpc) is 2.73. The van der Waals surface area contributed by atoms with Gasteiger partial charge in [0, 0.05) is 25.8 Å². The Morgan fingerprint density at radius 1 is 1.50 bits per heavy atom. The number of amides is 1. The van der Waals surface area contributed by atoms with E-state index >= 15 is 0 Å². The fraction of sp³-hybridized carbons (Fsp3) is 0.667. The van der Waals surface area contributed by atoms with Gasteiger partial charge in [-0.05, 0) is 18.4 Å². The smallest absolute Gasteiger partial charge is 0.329 e. The van der Waals surface area contributed by atoms with Gasteiger partial charge in [-0.25, -0.2) is 0 Å². The summed E-state index contributed by atoms with van der Waals surface area (Å²) >= 11 is 0. The van der Waals surface area contributed by atoms with Crippen LogP contribution in [0.25, 0.3) is 0 Å². The van der Waals surface area contributed by atoms with Crippen LogP contribution >= 0.6 is 0 Å². The highest BCUT2D eigenvalue weighted by molar-refractivity contribution is 5.79. The molecule has 0 aliphatic carbocycles. The van der Waals surface area contributed by atoms with E-state index in [1.54, 1.807) is 13.2 Å². The number of aromatic nitrogens is 2. The second-order valence-electron chi connectivity index (χ2n) is 5.14. The van der Waals surface area contributed by atoms with Crippen LogP contribution < -0.4 is 5.73 Å². The van der Waals surface area contributed by atoms with Gasteiger partial charge >= 0.3 is 6.18 Å². The van der Waals surface area contributed by atoms with Crippen LogP contribution in [0.15, 0.2) is 12.4 Å². The fourth-order valence-electron chi connectivity index (χ4n) is 2.45. The van der Waals surface area contributed by atoms with Crippen molar-refractivity contribution in [2.45, 2.75) is 37.5 Å². The van der Waals surface area contributed by atoms with Crippen LogP contribution in [0.2, 0.25) is 0 Å². The van der Waals surface area contributed by atoms with Crippen LogP contribution in [0, 0.1) is 0 Å². The number of hydrogen-bond donors (Lipinski definition) is 1. The van der Waals surface area contributed by atoms with Crippen LogP contribution in [-0.2, 0) is 18.3 Å². The molecule has 1 fully saturated rings. The Hall–Kier alpha value is -1.57. The topological polar surface area (TPSA) is 64.2 Å². The minimum absolute atomic E-state index is 0.0523. The van der Waals surface area contributed by atoms with Gasteiger partial charge in [-0.2, -0.15) is 18.3 Å². The van der Waals surface area contributed by atoms with Crippen molar-refractivity contribution in [2.24, 2.45) is 12.8 Å². The predicted molar refractivity (Wildman–Crippen MR) is 65.7 cm³/mol. The molecule has 0 radical (unpaired) electrons. The lowest BCUT2D eigenvalue weighted by Gasteiger charge is -2.39. The molecule has 0 spiro atoms. The number of alkyl halides is 3. The Balaban J connectivity index is 2.11. The van der Waals surface area contributed by atoms with E-state index in [9.17, 15) is 18.0 Å². The maximum absolute atomic E-state index is 13.0. The molecule has 0 unspecified atom stereocenters. The number of carbonyl (C=O) groups is 1. The molecule has 1 aromatic heterocycles. The third kappa shape index (κ3) is 3.30. The van der Waals surface area contributed by atoms with Crippen molar-refractivity contribution in [1.29, 1.82) is 0 Å². The number of carbonyl (C=O) groups excluding carboxylic acids is 1. The molecule has 1 amide bonds. The number of aryl methyl sites for hydroxylation is 1. The minimum Gasteiger partial charge on any atom is -0.329 e. The van der Waals surface area contributed by atoms with Gasteiger partial charge in [0.15, 0.2) is 0 Å². The van der Waals surface area contributed by atoms with Crippen LogP contribution in [-0.4, -0.2) is 45.4 Å². The van der Waals surface area contributed by atoms with Gasteiger partial charge in [-0.3, -0.25) is 9.48 Å². The molecular weight excluding hydrogens is 273 g/mol. The van der Waals surface area contributed by atoms with E-state index in [1.165, 1.54) is 10.9 Å². The van der Waals surface area contributed by atoms with Gasteiger partial charge in [0.05, 0.1) is 12.6 Å². The molecule has 1 aliphatic rings. The molecule has 1 aliphatic heterocycles. The van der Waals surface area contributed by atoms with Crippen molar-refractivity contribution in [2.75, 3.05) is 6.54 Å². The Morgan fingerprint density at radius 2 is 2.20 bits per heavy atom. The molecule has 0 saturated carbocycles. The van der Waals surface area contributed by atoms with Crippen molar-refractivity contribution >= 4 is 5.91 Å². The summed E-state index contributed by atoms with van der Waals surface area (Å²) in [5, 5.41) is 3.90. The van der Waals surface area contributed by atoms with Crippen LogP contribution in [0.5, 0.6) is 0 Å². The van der Waals surface area contributed by atoms with Crippen molar-refractivity contribution < 1.29 is 18.0 Å². The molecule has 2 N–H and O–H groups in total. The van der Waals surface area contributed by atoms with Crippen LogP contribution in [0.3, 0.4) is 0 Å². The zero-order valence-electron chi connectivity index (χ0n) is 11.1. The second-order valence-corrected chi connectivity index (χ2v) is 5.14. The van der Waals surface area contributed by atoms with E-state index in [2.05, 4.69) is 5.10 Å². The lowest BCUT2D eigenvalue weighted by atomic mass is 9.97. The summed E-state index contributed by atoms with van der Waals surface area (Å²) in [6.07, 6.45) is -1.27. The van der Waals surface area contributed by atoms with E-state index < -0.39 is 24.2 Å². The SMILES string of the molecule is Cn1cc(CC(=O)N2C[C@H](N)CC[C@@H]2C(F)(F)F)cn1. The first-order valence-electron chi connectivity index (χ1n) is 6.36. The Bertz CT molecular complexity index is 485. The standard InChI is InChI=1S/C12H17F3N4O/c1-18-6-8(5-17-18)4-11(20)19-7-9(16)2-3-10(19)12(13,14)15/h5-6,9-10H,2-4,7,16H2,1H3/t9-,10-/m1/s1. The van der Waals surface area contributed by atoms with Crippen molar-refractivity contribution in [1.82, 2.24) is 14.7 Å². The highest BCUT2D eigenvalue weighted by atomic mass is 19.4. The average molecular weight is 290 g/mol. The van der Waals surface area contributed by atoms with Crippen molar-refractivity contribution in [3.8, 4) is 0 Å². The van der Waals surface area contributed by atoms with Gasteiger partial charge in [-0.1, -0.05) is 0 Å². The molecule has 1 saturated heterocycles. The minimum atomic E-state index is -4.41. The molecule has 112 valence electrons. The molecule has 1 aromatic rings. The number of halogens is 3. The summed E-state index contributed by atoms with van der Waals surface area (Å²) in [4.78, 5) is 13.0. The highest BCUT2D eigenvalue weighted by Gasteiger charge is 2.47. The first-order chi connectivity index (χ1) is 9.27. The molecular formula is C12H17F3N4O. The number of likely N-dealkylation sites (tertiary alicyclic amines) is 1. The molecule has 20 heavy (non-hydrogen) atoms. The Morgan fingerprint density at radius 3 is 2.75 bits per heavy atom. The summed E-state index contributed by atoms with van der Waals surface area (Å²) < 4.78 is 40.4. The first kappa shape index (κ1) is 14.8. The zero-order valence-corrected chi connectivity index (χ0v) is 11.1. The van der Waals surface area contributed by atoms with Gasteiger partial charge in [0.25, 0.3) is 0 Å². The van der Waals surface area contributed by atoms with E-state index in [0.717, 1.165) is 4.90 Å². The molecule has 8 heteroatoms. The molecule has 2 heterocycles. The lowest BCUT2D eigenvalue weighted by molar-refractivity contribution is -0.196. The number of hydrogen-bond acceptors (Lipinski definition) is 3. The van der Waals surface area contributed by atoms with Gasteiger partial charge in [0.1, 0.15) is 6.04 Å². The summed E-state index contributed by atoms with van der Waals surface area (Å²) in [6, 6.07) is -2.13. The van der Waals surface area contributed by atoms with E-state index in [-0.39, 0.29) is 25.8 Å². The first-order valence-corrected chi connectivity index (χ1v) is 6.36. The summed E-state index contributed by atoms with van der Waals surface area (Å²) in [6.45, 7) is -0.0523. The Labute approximate surface area is 114 Å². The lowest BCUT2D eigenvalue weighted by Crippen LogP contribution is -2.57. The van der Waals surface area contributed by atoms with Crippen molar-refractivity contribution in [3.63, 3.8) is 0 Å². The second kappa shape index (κ2) is 5.43. The van der Waals surface area contributed by atoms with Crippen LogP contribution in [0.1, 0.15) is 18.4 Å².